The maximum absolute atomic E-state index is 10.9. The van der Waals surface area contributed by atoms with Gasteiger partial charge in [-0.2, -0.15) is 10.5 Å². The monoisotopic (exact) mass is 264 g/mol. The largest absolute Gasteiger partial charge is 0.354 e. The minimum absolute atomic E-state index is 0.00545. The van der Waals surface area contributed by atoms with Gasteiger partial charge in [0.2, 0.25) is 0 Å². The van der Waals surface area contributed by atoms with Crippen LogP contribution in [0.15, 0.2) is 42.5 Å². The molecule has 0 atom stereocenters. The van der Waals surface area contributed by atoms with Gasteiger partial charge in [-0.15, -0.1) is 0 Å². The molecule has 6 heteroatoms. The van der Waals surface area contributed by atoms with Gasteiger partial charge in [-0.25, -0.2) is 0 Å². The first-order valence-electron chi connectivity index (χ1n) is 5.60. The summed E-state index contributed by atoms with van der Waals surface area (Å²) in [5, 5.41) is 31.6. The number of hydrogen-bond acceptors (Lipinski definition) is 5. The van der Waals surface area contributed by atoms with Crippen LogP contribution in [0.25, 0.3) is 0 Å². The van der Waals surface area contributed by atoms with Gasteiger partial charge in [-0.1, -0.05) is 12.1 Å². The zero-order chi connectivity index (χ0) is 14.5. The molecule has 2 aromatic rings. The third-order valence-electron chi connectivity index (χ3n) is 2.64. The van der Waals surface area contributed by atoms with Crippen LogP contribution in [0, 0.1) is 32.8 Å². The Morgan fingerprint density at radius 2 is 1.75 bits per heavy atom. The number of nitrogens with zero attached hydrogens (tertiary/aromatic N) is 3. The first-order chi connectivity index (χ1) is 9.65. The second-order valence-electron chi connectivity index (χ2n) is 3.88. The highest BCUT2D eigenvalue weighted by Gasteiger charge is 2.14. The molecule has 0 aliphatic heterocycles. The van der Waals surface area contributed by atoms with Gasteiger partial charge >= 0.3 is 0 Å². The standard InChI is InChI=1S/C14H8N4O2/c15-8-10-3-1-2-4-13(10)17-12-6-5-11(9-16)14(7-12)18(19)20/h1-7,17H. The van der Waals surface area contributed by atoms with Gasteiger partial charge < -0.3 is 5.32 Å². The summed E-state index contributed by atoms with van der Waals surface area (Å²) >= 11 is 0. The molecule has 0 amide bonds. The van der Waals surface area contributed by atoms with Crippen LogP contribution in [0.2, 0.25) is 0 Å². The van der Waals surface area contributed by atoms with E-state index in [0.29, 0.717) is 16.9 Å². The Bertz CT molecular complexity index is 756. The Balaban J connectivity index is 2.41. The molecule has 0 spiro atoms. The zero-order valence-electron chi connectivity index (χ0n) is 10.2. The fourth-order valence-electron chi connectivity index (χ4n) is 1.70. The van der Waals surface area contributed by atoms with E-state index >= 15 is 0 Å². The SMILES string of the molecule is N#Cc1ccccc1Nc1ccc(C#N)c([N+](=O)[O-])c1. The van der Waals surface area contributed by atoms with Crippen LogP contribution in [0.4, 0.5) is 17.1 Å². The number of nitriles is 2. The number of anilines is 2. The Hall–Kier alpha value is -3.38. The summed E-state index contributed by atoms with van der Waals surface area (Å²) in [7, 11) is 0. The van der Waals surface area contributed by atoms with Crippen molar-refractivity contribution in [3.8, 4) is 12.1 Å². The van der Waals surface area contributed by atoms with Crippen molar-refractivity contribution < 1.29 is 4.92 Å². The lowest BCUT2D eigenvalue weighted by atomic mass is 10.1. The molecule has 6 nitrogen and oxygen atoms in total. The van der Waals surface area contributed by atoms with Gasteiger partial charge in [0.15, 0.2) is 0 Å². The van der Waals surface area contributed by atoms with E-state index in [1.165, 1.54) is 12.1 Å². The maximum Gasteiger partial charge on any atom is 0.289 e. The molecule has 0 radical (unpaired) electrons. The first kappa shape index (κ1) is 13.1. The highest BCUT2D eigenvalue weighted by atomic mass is 16.6. The minimum Gasteiger partial charge on any atom is -0.354 e. The van der Waals surface area contributed by atoms with Crippen LogP contribution in [0.3, 0.4) is 0 Å². The van der Waals surface area contributed by atoms with Crippen LogP contribution in [0.1, 0.15) is 11.1 Å². The normalized spacial score (nSPS) is 9.30. The molecular weight excluding hydrogens is 256 g/mol. The number of para-hydroxylation sites is 1. The average Bonchev–Trinajstić information content (AvgIpc) is 2.47. The Morgan fingerprint density at radius 1 is 1.05 bits per heavy atom. The van der Waals surface area contributed by atoms with Crippen LogP contribution in [0.5, 0.6) is 0 Å². The van der Waals surface area contributed by atoms with E-state index < -0.39 is 4.92 Å². The van der Waals surface area contributed by atoms with E-state index in [2.05, 4.69) is 5.32 Å². The number of hydrogen-bond donors (Lipinski definition) is 1. The molecule has 0 bridgehead atoms. The van der Waals surface area contributed by atoms with Crippen molar-refractivity contribution in [1.29, 1.82) is 10.5 Å². The molecule has 0 saturated heterocycles. The zero-order valence-corrected chi connectivity index (χ0v) is 10.2. The third kappa shape index (κ3) is 2.55. The lowest BCUT2D eigenvalue weighted by Gasteiger charge is -2.08. The van der Waals surface area contributed by atoms with Gasteiger partial charge in [0.25, 0.3) is 5.69 Å². The van der Waals surface area contributed by atoms with Crippen molar-refractivity contribution in [3.05, 3.63) is 63.7 Å². The lowest BCUT2D eigenvalue weighted by molar-refractivity contribution is -0.385. The molecular formula is C14H8N4O2. The van der Waals surface area contributed by atoms with E-state index in [0.717, 1.165) is 0 Å². The highest BCUT2D eigenvalue weighted by molar-refractivity contribution is 5.69. The molecule has 0 aromatic heterocycles. The van der Waals surface area contributed by atoms with Crippen molar-refractivity contribution in [2.24, 2.45) is 0 Å². The summed E-state index contributed by atoms with van der Waals surface area (Å²) in [6.45, 7) is 0. The number of nitro benzene ring substituents is 1. The Morgan fingerprint density at radius 3 is 2.40 bits per heavy atom. The average molecular weight is 264 g/mol. The molecule has 0 aliphatic rings. The van der Waals surface area contributed by atoms with Crippen molar-refractivity contribution in [2.45, 2.75) is 0 Å². The fraction of sp³-hybridized carbons (Fsp3) is 0. The van der Waals surface area contributed by atoms with Crippen LogP contribution in [-0.4, -0.2) is 4.92 Å². The summed E-state index contributed by atoms with van der Waals surface area (Å²) in [6.07, 6.45) is 0. The third-order valence-corrected chi connectivity index (χ3v) is 2.64. The Labute approximate surface area is 114 Å². The van der Waals surface area contributed by atoms with Crippen LogP contribution >= 0.6 is 0 Å². The van der Waals surface area contributed by atoms with Crippen molar-refractivity contribution >= 4 is 17.1 Å². The van der Waals surface area contributed by atoms with Crippen molar-refractivity contribution in [1.82, 2.24) is 0 Å². The second-order valence-corrected chi connectivity index (χ2v) is 3.88. The molecule has 2 aromatic carbocycles. The second kappa shape index (κ2) is 5.51. The minimum atomic E-state index is -0.611. The van der Waals surface area contributed by atoms with Crippen molar-refractivity contribution in [3.63, 3.8) is 0 Å². The highest BCUT2D eigenvalue weighted by Crippen LogP contribution is 2.26. The number of rotatable bonds is 3. The lowest BCUT2D eigenvalue weighted by Crippen LogP contribution is -1.97. The van der Waals surface area contributed by atoms with Gasteiger partial charge in [0, 0.05) is 11.8 Å². The van der Waals surface area contributed by atoms with E-state index in [1.807, 2.05) is 6.07 Å². The molecule has 96 valence electrons. The van der Waals surface area contributed by atoms with Gasteiger partial charge in [0.05, 0.1) is 16.2 Å². The molecule has 0 aliphatic carbocycles. The van der Waals surface area contributed by atoms with E-state index in [9.17, 15) is 10.1 Å². The topological polar surface area (TPSA) is 103 Å². The smallest absolute Gasteiger partial charge is 0.289 e. The fourth-order valence-corrected chi connectivity index (χ4v) is 1.70. The Kier molecular flexibility index (Phi) is 3.60. The molecule has 0 heterocycles. The van der Waals surface area contributed by atoms with Gasteiger partial charge in [-0.05, 0) is 24.3 Å². The molecule has 0 unspecified atom stereocenters. The quantitative estimate of drug-likeness (QED) is 0.677. The van der Waals surface area contributed by atoms with Gasteiger partial charge in [-0.3, -0.25) is 10.1 Å². The number of benzene rings is 2. The molecule has 0 saturated carbocycles. The maximum atomic E-state index is 10.9. The number of nitro groups is 1. The summed E-state index contributed by atoms with van der Waals surface area (Å²) in [5.74, 6) is 0. The molecule has 2 rings (SSSR count). The predicted octanol–water partition coefficient (Wildman–Crippen LogP) is 3.08. The summed E-state index contributed by atoms with van der Waals surface area (Å²) in [4.78, 5) is 10.3. The predicted molar refractivity (Wildman–Crippen MR) is 72.3 cm³/mol. The van der Waals surface area contributed by atoms with Crippen molar-refractivity contribution in [2.75, 3.05) is 5.32 Å². The van der Waals surface area contributed by atoms with Gasteiger partial charge in [0.1, 0.15) is 17.7 Å². The van der Waals surface area contributed by atoms with E-state index in [-0.39, 0.29) is 11.3 Å². The first-order valence-corrected chi connectivity index (χ1v) is 5.60. The summed E-state index contributed by atoms with van der Waals surface area (Å²) in [5.41, 5.74) is 1.15. The molecule has 1 N–H and O–H groups in total. The van der Waals surface area contributed by atoms with Crippen LogP contribution in [-0.2, 0) is 0 Å². The van der Waals surface area contributed by atoms with E-state index in [1.54, 1.807) is 36.4 Å². The summed E-state index contributed by atoms with van der Waals surface area (Å²) < 4.78 is 0. The molecule has 20 heavy (non-hydrogen) atoms. The molecule has 0 fully saturated rings. The van der Waals surface area contributed by atoms with Crippen LogP contribution < -0.4 is 5.32 Å². The number of nitrogens with one attached hydrogen (secondary N) is 1. The van der Waals surface area contributed by atoms with E-state index in [4.69, 9.17) is 10.5 Å². The summed E-state index contributed by atoms with van der Waals surface area (Å²) in [6, 6.07) is 14.8.